The fourth-order valence-corrected chi connectivity index (χ4v) is 2.29. The van der Waals surface area contributed by atoms with Gasteiger partial charge in [0.05, 0.1) is 5.56 Å². The van der Waals surface area contributed by atoms with Crippen molar-refractivity contribution < 1.29 is 18.3 Å². The zero-order chi connectivity index (χ0) is 14.5. The predicted molar refractivity (Wildman–Crippen MR) is 78.7 cm³/mol. The van der Waals surface area contributed by atoms with Crippen molar-refractivity contribution >= 4 is 29.9 Å². The highest BCUT2D eigenvalue weighted by atomic mass is 35.5. The first kappa shape index (κ1) is 17.9. The number of rotatable bonds is 5. The van der Waals surface area contributed by atoms with E-state index in [9.17, 15) is 13.6 Å². The number of benzene rings is 1. The second-order valence-electron chi connectivity index (χ2n) is 4.52. The summed E-state index contributed by atoms with van der Waals surface area (Å²) >= 11 is 5.79. The smallest absolute Gasteiger partial charge is 0.387 e. The molecule has 118 valence electrons. The lowest BCUT2D eigenvalue weighted by molar-refractivity contribution is -0.0501. The van der Waals surface area contributed by atoms with Gasteiger partial charge in [-0.2, -0.15) is 8.78 Å². The second-order valence-corrected chi connectivity index (χ2v) is 4.96. The second kappa shape index (κ2) is 8.36. The van der Waals surface area contributed by atoms with Crippen LogP contribution in [0.15, 0.2) is 18.2 Å². The van der Waals surface area contributed by atoms with E-state index in [0.29, 0.717) is 6.54 Å². The first-order chi connectivity index (χ1) is 9.56. The summed E-state index contributed by atoms with van der Waals surface area (Å²) in [4.78, 5) is 12.0. The summed E-state index contributed by atoms with van der Waals surface area (Å²) in [5.74, 6) is -0.655. The van der Waals surface area contributed by atoms with E-state index in [0.717, 1.165) is 19.4 Å². The lowest BCUT2D eigenvalue weighted by Gasteiger charge is -2.14. The minimum absolute atomic E-state index is 0. The zero-order valence-corrected chi connectivity index (χ0v) is 12.6. The van der Waals surface area contributed by atoms with E-state index in [1.807, 2.05) is 0 Å². The van der Waals surface area contributed by atoms with Gasteiger partial charge in [0.1, 0.15) is 5.75 Å². The normalized spacial score (nSPS) is 17.4. The molecule has 2 rings (SSSR count). The van der Waals surface area contributed by atoms with E-state index in [1.165, 1.54) is 18.2 Å². The van der Waals surface area contributed by atoms with Crippen molar-refractivity contribution in [1.82, 2.24) is 10.6 Å². The number of hydrogen-bond acceptors (Lipinski definition) is 3. The van der Waals surface area contributed by atoms with Crippen LogP contribution in [-0.4, -0.2) is 31.7 Å². The molecule has 1 atom stereocenters. The molecule has 0 aliphatic carbocycles. The standard InChI is InChI=1S/C13H15ClF2N2O2.ClH/c14-8-3-4-11(20-13(15)16)10(6-8)12(19)18-7-9-2-1-5-17-9;/h3-4,6,9,13,17H,1-2,5,7H2,(H,18,19);1H. The van der Waals surface area contributed by atoms with Crippen LogP contribution in [0.25, 0.3) is 0 Å². The van der Waals surface area contributed by atoms with Gasteiger partial charge in [-0.15, -0.1) is 12.4 Å². The van der Waals surface area contributed by atoms with Gasteiger partial charge >= 0.3 is 6.61 Å². The maximum Gasteiger partial charge on any atom is 0.387 e. The Balaban J connectivity index is 0.00000220. The Kier molecular flexibility index (Phi) is 7.14. The molecule has 4 nitrogen and oxygen atoms in total. The quantitative estimate of drug-likeness (QED) is 0.866. The number of hydrogen-bond donors (Lipinski definition) is 2. The van der Waals surface area contributed by atoms with Crippen molar-refractivity contribution in [1.29, 1.82) is 0 Å². The van der Waals surface area contributed by atoms with Gasteiger partial charge in [-0.1, -0.05) is 11.6 Å². The van der Waals surface area contributed by atoms with E-state index in [2.05, 4.69) is 15.4 Å². The lowest BCUT2D eigenvalue weighted by atomic mass is 10.1. The molecule has 8 heteroatoms. The van der Waals surface area contributed by atoms with Crippen molar-refractivity contribution in [2.24, 2.45) is 0 Å². The predicted octanol–water partition coefficient (Wildman–Crippen LogP) is 2.85. The van der Waals surface area contributed by atoms with E-state index < -0.39 is 12.5 Å². The van der Waals surface area contributed by atoms with Gasteiger partial charge in [0.25, 0.3) is 5.91 Å². The summed E-state index contributed by atoms with van der Waals surface area (Å²) in [7, 11) is 0. The van der Waals surface area contributed by atoms with Gasteiger partial charge in [-0.05, 0) is 37.6 Å². The molecule has 1 heterocycles. The molecule has 1 aliphatic heterocycles. The van der Waals surface area contributed by atoms with Crippen LogP contribution in [0.1, 0.15) is 23.2 Å². The molecule has 0 saturated carbocycles. The fourth-order valence-electron chi connectivity index (χ4n) is 2.12. The molecule has 0 radical (unpaired) electrons. The number of carbonyl (C=O) groups excluding carboxylic acids is 1. The molecule has 1 fully saturated rings. The summed E-state index contributed by atoms with van der Waals surface area (Å²) in [6, 6.07) is 4.19. The van der Waals surface area contributed by atoms with Gasteiger partial charge in [0.2, 0.25) is 0 Å². The number of nitrogens with one attached hydrogen (secondary N) is 2. The SMILES string of the molecule is Cl.O=C(NCC1CCCN1)c1cc(Cl)ccc1OC(F)F. The molecule has 21 heavy (non-hydrogen) atoms. The minimum Gasteiger partial charge on any atom is -0.434 e. The van der Waals surface area contributed by atoms with Crippen LogP contribution in [0, 0.1) is 0 Å². The maximum absolute atomic E-state index is 12.3. The largest absolute Gasteiger partial charge is 0.434 e. The molecule has 2 N–H and O–H groups in total. The van der Waals surface area contributed by atoms with Gasteiger partial charge < -0.3 is 15.4 Å². The molecule has 1 aromatic rings. The van der Waals surface area contributed by atoms with Crippen molar-refractivity contribution in [3.8, 4) is 5.75 Å². The minimum atomic E-state index is -2.99. The molecule has 1 aromatic carbocycles. The Hall–Kier alpha value is -1.11. The van der Waals surface area contributed by atoms with E-state index in [-0.39, 0.29) is 34.8 Å². The van der Waals surface area contributed by atoms with Crippen molar-refractivity contribution in [3.63, 3.8) is 0 Å². The van der Waals surface area contributed by atoms with Crippen molar-refractivity contribution in [2.75, 3.05) is 13.1 Å². The Bertz CT molecular complexity index is 483. The highest BCUT2D eigenvalue weighted by molar-refractivity contribution is 6.31. The van der Waals surface area contributed by atoms with Crippen LogP contribution < -0.4 is 15.4 Å². The molecule has 0 bridgehead atoms. The number of amides is 1. The number of carbonyl (C=O) groups is 1. The summed E-state index contributed by atoms with van der Waals surface area (Å²) in [6.07, 6.45) is 2.05. The highest BCUT2D eigenvalue weighted by Gasteiger charge is 2.19. The zero-order valence-electron chi connectivity index (χ0n) is 11.1. The van der Waals surface area contributed by atoms with E-state index >= 15 is 0 Å². The maximum atomic E-state index is 12.3. The molecule has 0 aromatic heterocycles. The third-order valence-corrected chi connectivity index (χ3v) is 3.31. The summed E-state index contributed by atoms with van der Waals surface area (Å²) < 4.78 is 28.9. The number of ether oxygens (including phenoxy) is 1. The summed E-state index contributed by atoms with van der Waals surface area (Å²) in [5, 5.41) is 6.21. The topological polar surface area (TPSA) is 50.4 Å². The first-order valence-electron chi connectivity index (χ1n) is 6.32. The Morgan fingerprint density at radius 1 is 1.52 bits per heavy atom. The van der Waals surface area contributed by atoms with Crippen LogP contribution in [0.3, 0.4) is 0 Å². The first-order valence-corrected chi connectivity index (χ1v) is 6.70. The van der Waals surface area contributed by atoms with Crippen LogP contribution in [-0.2, 0) is 0 Å². The molecular weight excluding hydrogens is 325 g/mol. The molecule has 1 aliphatic rings. The number of alkyl halides is 2. The molecule has 1 unspecified atom stereocenters. The lowest BCUT2D eigenvalue weighted by Crippen LogP contribution is -2.37. The Labute approximate surface area is 132 Å². The van der Waals surface area contributed by atoms with Crippen LogP contribution in [0.2, 0.25) is 5.02 Å². The van der Waals surface area contributed by atoms with Gasteiger partial charge in [-0.25, -0.2) is 0 Å². The average Bonchev–Trinajstić information content (AvgIpc) is 2.90. The van der Waals surface area contributed by atoms with Gasteiger partial charge in [0.15, 0.2) is 0 Å². The highest BCUT2D eigenvalue weighted by Crippen LogP contribution is 2.24. The van der Waals surface area contributed by atoms with Crippen LogP contribution >= 0.6 is 24.0 Å². The van der Waals surface area contributed by atoms with Crippen LogP contribution in [0.5, 0.6) is 5.75 Å². The van der Waals surface area contributed by atoms with E-state index in [4.69, 9.17) is 11.6 Å². The third kappa shape index (κ3) is 5.30. The monoisotopic (exact) mass is 340 g/mol. The van der Waals surface area contributed by atoms with Crippen molar-refractivity contribution in [3.05, 3.63) is 28.8 Å². The molecule has 0 spiro atoms. The third-order valence-electron chi connectivity index (χ3n) is 3.07. The van der Waals surface area contributed by atoms with Crippen molar-refractivity contribution in [2.45, 2.75) is 25.5 Å². The van der Waals surface area contributed by atoms with Gasteiger partial charge in [0, 0.05) is 17.6 Å². The van der Waals surface area contributed by atoms with E-state index in [1.54, 1.807) is 0 Å². The summed E-state index contributed by atoms with van der Waals surface area (Å²) in [6.45, 7) is -1.61. The average molecular weight is 341 g/mol. The Morgan fingerprint density at radius 2 is 2.29 bits per heavy atom. The Morgan fingerprint density at radius 3 is 2.90 bits per heavy atom. The van der Waals surface area contributed by atoms with Crippen LogP contribution in [0.4, 0.5) is 8.78 Å². The molecule has 1 saturated heterocycles. The number of halogens is 4. The van der Waals surface area contributed by atoms with Gasteiger partial charge in [-0.3, -0.25) is 4.79 Å². The molecule has 1 amide bonds. The molecular formula is C13H16Cl2F2N2O2. The summed E-state index contributed by atoms with van der Waals surface area (Å²) in [5.41, 5.74) is 0.01000. The fraction of sp³-hybridized carbons (Fsp3) is 0.462.